The number of thioether (sulfide) groups is 1. The first-order valence-electron chi connectivity index (χ1n) is 6.16. The van der Waals surface area contributed by atoms with Crippen LogP contribution in [0.1, 0.15) is 26.9 Å². The lowest BCUT2D eigenvalue weighted by atomic mass is 10.0. The minimum Gasteiger partial charge on any atom is -0.319 e. The molecule has 106 valence electrons. The summed E-state index contributed by atoms with van der Waals surface area (Å²) in [5.41, 5.74) is 7.29. The van der Waals surface area contributed by atoms with Gasteiger partial charge >= 0.3 is 0 Å². The second kappa shape index (κ2) is 5.75. The summed E-state index contributed by atoms with van der Waals surface area (Å²) in [5.74, 6) is 0.848. The van der Waals surface area contributed by atoms with Gasteiger partial charge in [0.2, 0.25) is 0 Å². The van der Waals surface area contributed by atoms with Gasteiger partial charge in [-0.2, -0.15) is 11.8 Å². The van der Waals surface area contributed by atoms with Crippen LogP contribution in [0.2, 0.25) is 0 Å². The van der Waals surface area contributed by atoms with Gasteiger partial charge in [0.1, 0.15) is 11.6 Å². The zero-order valence-electron chi connectivity index (χ0n) is 10.5. The molecule has 2 N–H and O–H groups in total. The summed E-state index contributed by atoms with van der Waals surface area (Å²) in [4.78, 5) is 2.12. The highest BCUT2D eigenvalue weighted by Crippen LogP contribution is 2.37. The van der Waals surface area contributed by atoms with Gasteiger partial charge in [-0.15, -0.1) is 11.3 Å². The number of hydrogen-bond acceptors (Lipinski definition) is 3. The highest BCUT2D eigenvalue weighted by Gasteiger charge is 2.24. The van der Waals surface area contributed by atoms with E-state index in [2.05, 4.69) is 15.9 Å². The van der Waals surface area contributed by atoms with Crippen LogP contribution < -0.4 is 5.73 Å². The van der Waals surface area contributed by atoms with Crippen molar-refractivity contribution in [1.29, 1.82) is 0 Å². The first kappa shape index (κ1) is 14.5. The smallest absolute Gasteiger partial charge is 0.145 e. The quantitative estimate of drug-likeness (QED) is 0.774. The van der Waals surface area contributed by atoms with Crippen molar-refractivity contribution in [2.75, 3.05) is 5.75 Å². The number of hydrogen-bond donors (Lipinski definition) is 1. The largest absolute Gasteiger partial charge is 0.319 e. The van der Waals surface area contributed by atoms with Gasteiger partial charge in [-0.3, -0.25) is 0 Å². The van der Waals surface area contributed by atoms with E-state index in [1.54, 1.807) is 11.3 Å². The molecule has 0 radical (unpaired) electrons. The van der Waals surface area contributed by atoms with Crippen LogP contribution in [0.4, 0.5) is 8.78 Å². The Hall–Kier alpha value is -0.430. The van der Waals surface area contributed by atoms with Crippen molar-refractivity contribution in [3.8, 4) is 0 Å². The number of fused-ring (bicyclic) bond motifs is 1. The number of nitrogens with two attached hydrogens (primary N) is 1. The standard InChI is InChI=1S/C14H12BrF2NS2/c15-8-1-2-9(16)12(13(8)17)14(18)11-5-7-6-19-4-3-10(7)20-11/h1-2,5,14H,3-4,6,18H2. The molecule has 2 heterocycles. The Morgan fingerprint density at radius 2 is 2.10 bits per heavy atom. The van der Waals surface area contributed by atoms with Crippen LogP contribution in [0.3, 0.4) is 0 Å². The van der Waals surface area contributed by atoms with Crippen molar-refractivity contribution >= 4 is 39.0 Å². The molecule has 6 heteroatoms. The van der Waals surface area contributed by atoms with Gasteiger partial charge in [0.25, 0.3) is 0 Å². The second-order valence-corrected chi connectivity index (χ2v) is 7.76. The van der Waals surface area contributed by atoms with Crippen LogP contribution in [-0.2, 0) is 12.2 Å². The van der Waals surface area contributed by atoms with Crippen LogP contribution in [-0.4, -0.2) is 5.75 Å². The molecule has 2 aromatic rings. The van der Waals surface area contributed by atoms with Crippen LogP contribution in [0.5, 0.6) is 0 Å². The van der Waals surface area contributed by atoms with E-state index in [0.29, 0.717) is 0 Å². The Labute approximate surface area is 132 Å². The molecule has 1 atom stereocenters. The van der Waals surface area contributed by atoms with Crippen LogP contribution >= 0.6 is 39.0 Å². The topological polar surface area (TPSA) is 26.0 Å². The van der Waals surface area contributed by atoms with E-state index < -0.39 is 17.7 Å². The summed E-state index contributed by atoms with van der Waals surface area (Å²) >= 11 is 6.53. The number of thiophene rings is 1. The molecule has 1 aromatic carbocycles. The fourth-order valence-corrected chi connectivity index (χ4v) is 5.03. The molecular formula is C14H12BrF2NS2. The van der Waals surface area contributed by atoms with E-state index in [9.17, 15) is 8.78 Å². The Bertz CT molecular complexity index is 633. The van der Waals surface area contributed by atoms with E-state index in [1.807, 2.05) is 17.8 Å². The maximum Gasteiger partial charge on any atom is 0.145 e. The van der Waals surface area contributed by atoms with Crippen LogP contribution in [0.15, 0.2) is 22.7 Å². The molecule has 1 aliphatic rings. The maximum atomic E-state index is 14.1. The molecule has 0 bridgehead atoms. The Kier molecular flexibility index (Phi) is 4.17. The molecule has 1 unspecified atom stereocenters. The number of benzene rings is 1. The molecule has 0 amide bonds. The minimum atomic E-state index is -0.756. The lowest BCUT2D eigenvalue weighted by molar-refractivity contribution is 0.541. The van der Waals surface area contributed by atoms with Crippen molar-refractivity contribution in [2.45, 2.75) is 18.2 Å². The molecule has 0 spiro atoms. The molecule has 1 aromatic heterocycles. The van der Waals surface area contributed by atoms with E-state index >= 15 is 0 Å². The summed E-state index contributed by atoms with van der Waals surface area (Å²) < 4.78 is 28.3. The zero-order valence-corrected chi connectivity index (χ0v) is 13.7. The molecule has 1 aliphatic heterocycles. The third kappa shape index (κ3) is 2.54. The highest BCUT2D eigenvalue weighted by atomic mass is 79.9. The number of aryl methyl sites for hydroxylation is 1. The van der Waals surface area contributed by atoms with E-state index in [0.717, 1.165) is 22.8 Å². The number of halogens is 3. The summed E-state index contributed by atoms with van der Waals surface area (Å²) in [6.07, 6.45) is 1.01. The Balaban J connectivity index is 2.02. The van der Waals surface area contributed by atoms with Crippen molar-refractivity contribution in [2.24, 2.45) is 5.73 Å². The fraction of sp³-hybridized carbons (Fsp3) is 0.286. The van der Waals surface area contributed by atoms with Crippen molar-refractivity contribution in [3.05, 3.63) is 55.2 Å². The Morgan fingerprint density at radius 3 is 2.85 bits per heavy atom. The minimum absolute atomic E-state index is 0.0642. The van der Waals surface area contributed by atoms with Crippen molar-refractivity contribution in [1.82, 2.24) is 0 Å². The van der Waals surface area contributed by atoms with Crippen molar-refractivity contribution in [3.63, 3.8) is 0 Å². The predicted octanol–water partition coefficient (Wildman–Crippen LogP) is 4.63. The summed E-state index contributed by atoms with van der Waals surface area (Å²) in [7, 11) is 0. The first-order chi connectivity index (χ1) is 9.58. The number of rotatable bonds is 2. The summed E-state index contributed by atoms with van der Waals surface area (Å²) in [5, 5.41) is 0. The van der Waals surface area contributed by atoms with Gasteiger partial charge in [-0.05, 0) is 51.9 Å². The van der Waals surface area contributed by atoms with Gasteiger partial charge in [-0.1, -0.05) is 0 Å². The molecule has 0 fully saturated rings. The lowest BCUT2D eigenvalue weighted by Gasteiger charge is -2.13. The summed E-state index contributed by atoms with van der Waals surface area (Å²) in [6, 6.07) is 3.84. The van der Waals surface area contributed by atoms with Gasteiger partial charge in [0.05, 0.1) is 10.5 Å². The average molecular weight is 376 g/mol. The van der Waals surface area contributed by atoms with E-state index in [-0.39, 0.29) is 10.0 Å². The monoisotopic (exact) mass is 375 g/mol. The van der Waals surface area contributed by atoms with Gasteiger partial charge in [-0.25, -0.2) is 8.78 Å². The van der Waals surface area contributed by atoms with E-state index in [4.69, 9.17) is 5.73 Å². The lowest BCUT2D eigenvalue weighted by Crippen LogP contribution is -2.14. The molecule has 0 saturated heterocycles. The molecule has 20 heavy (non-hydrogen) atoms. The zero-order chi connectivity index (χ0) is 14.3. The maximum absolute atomic E-state index is 14.1. The Morgan fingerprint density at radius 1 is 1.30 bits per heavy atom. The van der Waals surface area contributed by atoms with E-state index in [1.165, 1.54) is 22.6 Å². The van der Waals surface area contributed by atoms with Gasteiger partial charge < -0.3 is 5.73 Å². The highest BCUT2D eigenvalue weighted by molar-refractivity contribution is 9.10. The third-order valence-corrected chi connectivity index (χ3v) is 6.28. The SMILES string of the molecule is NC(c1cc2c(s1)CCSC2)c1c(F)ccc(Br)c1F. The summed E-state index contributed by atoms with van der Waals surface area (Å²) in [6.45, 7) is 0. The molecule has 3 rings (SSSR count). The predicted molar refractivity (Wildman–Crippen MR) is 84.3 cm³/mol. The third-order valence-electron chi connectivity index (χ3n) is 3.34. The van der Waals surface area contributed by atoms with Crippen molar-refractivity contribution < 1.29 is 8.78 Å². The van der Waals surface area contributed by atoms with Gasteiger partial charge in [0, 0.05) is 21.1 Å². The molecular weight excluding hydrogens is 364 g/mol. The first-order valence-corrected chi connectivity index (χ1v) is 8.92. The normalized spacial score (nSPS) is 16.0. The van der Waals surface area contributed by atoms with Gasteiger partial charge in [0.15, 0.2) is 0 Å². The molecule has 1 nitrogen and oxygen atoms in total. The molecule has 0 saturated carbocycles. The second-order valence-electron chi connectivity index (χ2n) is 4.63. The average Bonchev–Trinajstić information content (AvgIpc) is 2.87. The van der Waals surface area contributed by atoms with Crippen LogP contribution in [0, 0.1) is 11.6 Å². The molecule has 0 aliphatic carbocycles. The fourth-order valence-electron chi connectivity index (χ4n) is 2.29. The van der Waals surface area contributed by atoms with Crippen LogP contribution in [0.25, 0.3) is 0 Å².